The van der Waals surface area contributed by atoms with Crippen molar-refractivity contribution in [2.45, 2.75) is 13.3 Å². The van der Waals surface area contributed by atoms with Gasteiger partial charge < -0.3 is 9.64 Å². The summed E-state index contributed by atoms with van der Waals surface area (Å²) in [6, 6.07) is 10.1. The number of hydrogen-bond donors (Lipinski definition) is 0. The molecule has 0 aromatic heterocycles. The molecule has 18 heavy (non-hydrogen) atoms. The molecule has 0 saturated carbocycles. The molecule has 0 saturated heterocycles. The van der Waals surface area contributed by atoms with E-state index in [0.29, 0.717) is 13.2 Å². The van der Waals surface area contributed by atoms with E-state index >= 15 is 0 Å². The molecule has 1 aliphatic rings. The third-order valence-electron chi connectivity index (χ3n) is 3.18. The molecule has 1 aromatic carbocycles. The van der Waals surface area contributed by atoms with Crippen molar-refractivity contribution >= 4 is 11.5 Å². The van der Waals surface area contributed by atoms with Crippen LogP contribution in [0.5, 0.6) is 0 Å². The average Bonchev–Trinajstić information content (AvgIpc) is 2.40. The van der Waals surface area contributed by atoms with Crippen LogP contribution in [0.15, 0.2) is 35.9 Å². The molecule has 0 aliphatic carbocycles. The molecule has 0 amide bonds. The molecule has 0 unspecified atom stereocenters. The van der Waals surface area contributed by atoms with E-state index in [2.05, 4.69) is 17.0 Å². The summed E-state index contributed by atoms with van der Waals surface area (Å²) in [5.74, 6) is -0.178. The maximum absolute atomic E-state index is 12.0. The second-order valence-electron chi connectivity index (χ2n) is 4.53. The molecule has 3 nitrogen and oxygen atoms in total. The minimum Gasteiger partial charge on any atom is -0.463 e. The van der Waals surface area contributed by atoms with Gasteiger partial charge in [0.15, 0.2) is 0 Å². The van der Waals surface area contributed by atoms with Crippen molar-refractivity contribution in [3.63, 3.8) is 0 Å². The molecule has 1 aliphatic heterocycles. The molecule has 96 valence electrons. The van der Waals surface area contributed by atoms with Crippen LogP contribution >= 0.6 is 0 Å². The Labute approximate surface area is 108 Å². The Balaban J connectivity index is 2.37. The van der Waals surface area contributed by atoms with Gasteiger partial charge in [-0.05, 0) is 31.5 Å². The summed E-state index contributed by atoms with van der Waals surface area (Å²) in [6.45, 7) is 3.91. The first-order valence-corrected chi connectivity index (χ1v) is 6.35. The van der Waals surface area contributed by atoms with Gasteiger partial charge in [-0.25, -0.2) is 4.79 Å². The lowest BCUT2D eigenvalue weighted by molar-refractivity contribution is -0.138. The number of benzene rings is 1. The summed E-state index contributed by atoms with van der Waals surface area (Å²) in [6.07, 6.45) is 0.897. The van der Waals surface area contributed by atoms with Gasteiger partial charge in [-0.2, -0.15) is 0 Å². The van der Waals surface area contributed by atoms with Crippen LogP contribution < -0.4 is 0 Å². The van der Waals surface area contributed by atoms with Gasteiger partial charge in [-0.1, -0.05) is 30.3 Å². The maximum Gasteiger partial charge on any atom is 0.335 e. The lowest BCUT2D eigenvalue weighted by Crippen LogP contribution is -2.31. The highest BCUT2D eigenvalue weighted by atomic mass is 16.5. The lowest BCUT2D eigenvalue weighted by Gasteiger charge is -2.27. The van der Waals surface area contributed by atoms with Gasteiger partial charge in [0.05, 0.1) is 12.2 Å². The van der Waals surface area contributed by atoms with E-state index in [4.69, 9.17) is 4.74 Å². The molecule has 0 atom stereocenters. The summed E-state index contributed by atoms with van der Waals surface area (Å²) in [4.78, 5) is 14.2. The molecule has 1 heterocycles. The second kappa shape index (κ2) is 5.83. The second-order valence-corrected chi connectivity index (χ2v) is 4.53. The third-order valence-corrected chi connectivity index (χ3v) is 3.18. The Kier molecular flexibility index (Phi) is 4.15. The summed E-state index contributed by atoms with van der Waals surface area (Å²) >= 11 is 0. The molecule has 0 N–H and O–H groups in total. The Bertz CT molecular complexity index is 451. The van der Waals surface area contributed by atoms with Crippen molar-refractivity contribution in [2.24, 2.45) is 0 Å². The zero-order valence-electron chi connectivity index (χ0n) is 11.0. The van der Waals surface area contributed by atoms with Crippen molar-refractivity contribution in [1.29, 1.82) is 0 Å². The largest absolute Gasteiger partial charge is 0.463 e. The van der Waals surface area contributed by atoms with E-state index in [9.17, 15) is 4.79 Å². The number of nitrogens with zero attached hydrogens (tertiary/aromatic N) is 1. The van der Waals surface area contributed by atoms with Gasteiger partial charge in [0.2, 0.25) is 0 Å². The van der Waals surface area contributed by atoms with E-state index in [-0.39, 0.29) is 5.97 Å². The van der Waals surface area contributed by atoms with E-state index in [1.165, 1.54) is 0 Å². The van der Waals surface area contributed by atoms with Crippen LogP contribution in [-0.2, 0) is 9.53 Å². The van der Waals surface area contributed by atoms with Crippen molar-refractivity contribution < 1.29 is 9.53 Å². The highest BCUT2D eigenvalue weighted by molar-refractivity contribution is 5.98. The fraction of sp³-hybridized carbons (Fsp3) is 0.400. The highest BCUT2D eigenvalue weighted by Crippen LogP contribution is 2.27. The summed E-state index contributed by atoms with van der Waals surface area (Å²) in [7, 11) is 2.03. The molecule has 1 aromatic rings. The van der Waals surface area contributed by atoms with Gasteiger partial charge in [0.1, 0.15) is 0 Å². The third kappa shape index (κ3) is 2.79. The van der Waals surface area contributed by atoms with Gasteiger partial charge in [0, 0.05) is 13.1 Å². The fourth-order valence-electron chi connectivity index (χ4n) is 2.26. The molecule has 3 heteroatoms. The van der Waals surface area contributed by atoms with Crippen LogP contribution in [-0.4, -0.2) is 37.6 Å². The normalized spacial score (nSPS) is 16.8. The van der Waals surface area contributed by atoms with Crippen molar-refractivity contribution in [1.82, 2.24) is 4.90 Å². The molecule has 0 fully saturated rings. The predicted molar refractivity (Wildman–Crippen MR) is 72.1 cm³/mol. The molecule has 0 bridgehead atoms. The van der Waals surface area contributed by atoms with Crippen LogP contribution in [0.4, 0.5) is 0 Å². The SMILES string of the molecule is CCOC(=O)C1=C(c2ccccc2)CCN(C)C1. The zero-order valence-corrected chi connectivity index (χ0v) is 11.0. The molecular formula is C15H19NO2. The zero-order chi connectivity index (χ0) is 13.0. The first kappa shape index (κ1) is 12.8. The summed E-state index contributed by atoms with van der Waals surface area (Å²) < 4.78 is 5.16. The topological polar surface area (TPSA) is 29.5 Å². The van der Waals surface area contributed by atoms with Crippen LogP contribution in [0.2, 0.25) is 0 Å². The fourth-order valence-corrected chi connectivity index (χ4v) is 2.26. The minimum atomic E-state index is -0.178. The van der Waals surface area contributed by atoms with Crippen LogP contribution in [0.3, 0.4) is 0 Å². The van der Waals surface area contributed by atoms with Crippen LogP contribution in [0, 0.1) is 0 Å². The van der Waals surface area contributed by atoms with Crippen molar-refractivity contribution in [2.75, 3.05) is 26.7 Å². The van der Waals surface area contributed by atoms with E-state index < -0.39 is 0 Å². The van der Waals surface area contributed by atoms with Crippen molar-refractivity contribution in [3.8, 4) is 0 Å². The van der Waals surface area contributed by atoms with E-state index in [0.717, 1.165) is 29.7 Å². The smallest absolute Gasteiger partial charge is 0.335 e. The Morgan fingerprint density at radius 1 is 1.33 bits per heavy atom. The summed E-state index contributed by atoms with van der Waals surface area (Å²) in [5, 5.41) is 0. The standard InChI is InChI=1S/C15H19NO2/c1-3-18-15(17)14-11-16(2)10-9-13(14)12-7-5-4-6-8-12/h4-8H,3,9-11H2,1-2H3. The number of esters is 1. The van der Waals surface area contributed by atoms with Gasteiger partial charge >= 0.3 is 5.97 Å². The van der Waals surface area contributed by atoms with Crippen LogP contribution in [0.25, 0.3) is 5.57 Å². The predicted octanol–water partition coefficient (Wildman–Crippen LogP) is 2.34. The van der Waals surface area contributed by atoms with Gasteiger partial charge in [0.25, 0.3) is 0 Å². The summed E-state index contributed by atoms with van der Waals surface area (Å²) in [5.41, 5.74) is 3.07. The number of hydrogen-bond acceptors (Lipinski definition) is 3. The van der Waals surface area contributed by atoms with Gasteiger partial charge in [-0.3, -0.25) is 0 Å². The lowest BCUT2D eigenvalue weighted by atomic mass is 9.93. The molecule has 0 spiro atoms. The monoisotopic (exact) mass is 245 g/mol. The Hall–Kier alpha value is -1.61. The van der Waals surface area contributed by atoms with E-state index in [1.807, 2.05) is 32.2 Å². The number of likely N-dealkylation sites (N-methyl/N-ethyl adjacent to an activating group) is 1. The quantitative estimate of drug-likeness (QED) is 0.765. The molecule has 2 rings (SSSR count). The van der Waals surface area contributed by atoms with Gasteiger partial charge in [-0.15, -0.1) is 0 Å². The minimum absolute atomic E-state index is 0.178. The molecular weight excluding hydrogens is 226 g/mol. The van der Waals surface area contributed by atoms with E-state index in [1.54, 1.807) is 0 Å². The Morgan fingerprint density at radius 3 is 2.72 bits per heavy atom. The number of carbonyl (C=O) groups excluding carboxylic acids is 1. The maximum atomic E-state index is 12.0. The first-order chi connectivity index (χ1) is 8.72. The molecule has 0 radical (unpaired) electrons. The highest BCUT2D eigenvalue weighted by Gasteiger charge is 2.23. The van der Waals surface area contributed by atoms with Crippen LogP contribution in [0.1, 0.15) is 18.9 Å². The number of ether oxygens (including phenoxy) is 1. The average molecular weight is 245 g/mol. The number of carbonyl (C=O) groups is 1. The first-order valence-electron chi connectivity index (χ1n) is 6.35. The Morgan fingerprint density at radius 2 is 2.06 bits per heavy atom. The number of rotatable bonds is 3. The van der Waals surface area contributed by atoms with Crippen molar-refractivity contribution in [3.05, 3.63) is 41.5 Å².